The van der Waals surface area contributed by atoms with Crippen LogP contribution in [0.3, 0.4) is 0 Å². The van der Waals surface area contributed by atoms with Crippen molar-refractivity contribution in [2.24, 2.45) is 0 Å². The SMILES string of the molecule is Cc1c(COc2cc(OCCN3CCC(O)C3)c(C=O)cc2Cl)cccc1-c1ccc2c(c1)OCCO2. The maximum absolute atomic E-state index is 11.6. The summed E-state index contributed by atoms with van der Waals surface area (Å²) in [6.07, 6.45) is 1.22. The van der Waals surface area contributed by atoms with Gasteiger partial charge in [-0.3, -0.25) is 9.69 Å². The number of nitrogens with zero attached hydrogens (tertiary/aromatic N) is 1. The van der Waals surface area contributed by atoms with Crippen molar-refractivity contribution in [2.75, 3.05) is 39.5 Å². The number of aldehydes is 1. The molecule has 0 aliphatic carbocycles. The van der Waals surface area contributed by atoms with Crippen molar-refractivity contribution in [3.8, 4) is 34.1 Å². The Morgan fingerprint density at radius 2 is 1.92 bits per heavy atom. The summed E-state index contributed by atoms with van der Waals surface area (Å²) in [6, 6.07) is 15.3. The number of ether oxygens (including phenoxy) is 4. The first-order valence-electron chi connectivity index (χ1n) is 12.4. The molecule has 0 aromatic heterocycles. The Bertz CT molecular complexity index is 1280. The molecule has 1 atom stereocenters. The molecule has 2 aliphatic heterocycles. The van der Waals surface area contributed by atoms with E-state index in [0.717, 1.165) is 53.0 Å². The second kappa shape index (κ2) is 11.4. The van der Waals surface area contributed by atoms with E-state index in [-0.39, 0.29) is 6.10 Å². The van der Waals surface area contributed by atoms with Crippen molar-refractivity contribution < 1.29 is 28.8 Å². The first-order chi connectivity index (χ1) is 18.0. The summed E-state index contributed by atoms with van der Waals surface area (Å²) >= 11 is 6.43. The summed E-state index contributed by atoms with van der Waals surface area (Å²) in [4.78, 5) is 13.7. The van der Waals surface area contributed by atoms with Crippen LogP contribution in [0.15, 0.2) is 48.5 Å². The molecule has 2 heterocycles. The molecule has 2 aliphatic rings. The fourth-order valence-electron chi connectivity index (χ4n) is 4.70. The number of fused-ring (bicyclic) bond motifs is 1. The monoisotopic (exact) mass is 523 g/mol. The molecule has 7 nitrogen and oxygen atoms in total. The minimum Gasteiger partial charge on any atom is -0.491 e. The molecule has 0 saturated carbocycles. The van der Waals surface area contributed by atoms with Crippen LogP contribution in [0.25, 0.3) is 11.1 Å². The second-order valence-corrected chi connectivity index (χ2v) is 9.67. The Kier molecular flexibility index (Phi) is 7.84. The van der Waals surface area contributed by atoms with E-state index in [1.54, 1.807) is 12.1 Å². The average molecular weight is 524 g/mol. The summed E-state index contributed by atoms with van der Waals surface area (Å²) in [5.41, 5.74) is 4.59. The van der Waals surface area contributed by atoms with Crippen LogP contribution in [0.4, 0.5) is 0 Å². The molecule has 5 rings (SSSR count). The van der Waals surface area contributed by atoms with E-state index in [4.69, 9.17) is 30.5 Å². The van der Waals surface area contributed by atoms with Gasteiger partial charge in [0.1, 0.15) is 37.9 Å². The lowest BCUT2D eigenvalue weighted by Gasteiger charge is -2.20. The number of β-amino-alcohol motifs (C(OH)–C–C–N with tert-alkyl or cyclic N) is 1. The summed E-state index contributed by atoms with van der Waals surface area (Å²) in [6.45, 7) is 6.00. The van der Waals surface area contributed by atoms with E-state index in [1.165, 1.54) is 0 Å². The highest BCUT2D eigenvalue weighted by molar-refractivity contribution is 6.32. The molecule has 3 aromatic carbocycles. The van der Waals surface area contributed by atoms with Gasteiger partial charge in [-0.2, -0.15) is 0 Å². The van der Waals surface area contributed by atoms with Crippen molar-refractivity contribution in [3.05, 3.63) is 70.2 Å². The first kappa shape index (κ1) is 25.4. The third kappa shape index (κ3) is 5.85. The number of rotatable bonds is 9. The topological polar surface area (TPSA) is 77.5 Å². The van der Waals surface area contributed by atoms with Crippen LogP contribution < -0.4 is 18.9 Å². The maximum atomic E-state index is 11.6. The third-order valence-electron chi connectivity index (χ3n) is 6.79. The lowest BCUT2D eigenvalue weighted by atomic mass is 9.96. The average Bonchev–Trinajstić information content (AvgIpc) is 3.33. The molecule has 8 heteroatoms. The molecule has 1 fully saturated rings. The maximum Gasteiger partial charge on any atom is 0.161 e. The molecule has 0 amide bonds. The second-order valence-electron chi connectivity index (χ2n) is 9.27. The molecule has 0 bridgehead atoms. The smallest absolute Gasteiger partial charge is 0.161 e. The van der Waals surface area contributed by atoms with Gasteiger partial charge in [0, 0.05) is 25.7 Å². The Balaban J connectivity index is 1.29. The van der Waals surface area contributed by atoms with E-state index in [1.807, 2.05) is 30.3 Å². The number of likely N-dealkylation sites (tertiary alicyclic amines) is 1. The number of benzene rings is 3. The van der Waals surface area contributed by atoms with Gasteiger partial charge in [0.25, 0.3) is 0 Å². The van der Waals surface area contributed by atoms with Crippen molar-refractivity contribution >= 4 is 17.9 Å². The predicted molar refractivity (Wildman–Crippen MR) is 141 cm³/mol. The van der Waals surface area contributed by atoms with Crippen molar-refractivity contribution in [3.63, 3.8) is 0 Å². The minimum absolute atomic E-state index is 0.280. The zero-order valence-corrected chi connectivity index (χ0v) is 21.5. The standard InChI is InChI=1S/C29H30ClNO6/c1-19-21(3-2-4-24(19)20-5-6-26-29(14-20)36-12-11-35-26)18-37-28-15-27(22(17-32)13-25(28)30)34-10-9-31-8-7-23(33)16-31/h2-6,13-15,17,23,33H,7-12,16,18H2,1H3. The van der Waals surface area contributed by atoms with Crippen LogP contribution in [0.5, 0.6) is 23.0 Å². The van der Waals surface area contributed by atoms with Crippen molar-refractivity contribution in [2.45, 2.75) is 26.1 Å². The number of aliphatic hydroxyl groups excluding tert-OH is 1. The van der Waals surface area contributed by atoms with Crippen molar-refractivity contribution in [1.29, 1.82) is 0 Å². The van der Waals surface area contributed by atoms with Crippen LogP contribution in [-0.2, 0) is 6.61 Å². The van der Waals surface area contributed by atoms with Crippen LogP contribution in [0, 0.1) is 6.92 Å². The normalized spacial score (nSPS) is 17.0. The number of hydrogen-bond donors (Lipinski definition) is 1. The van der Waals surface area contributed by atoms with E-state index in [0.29, 0.717) is 61.6 Å². The summed E-state index contributed by atoms with van der Waals surface area (Å²) < 4.78 is 23.4. The lowest BCUT2D eigenvalue weighted by molar-refractivity contribution is 0.111. The number of carbonyl (C=O) groups excluding carboxylic acids is 1. The zero-order valence-electron chi connectivity index (χ0n) is 20.7. The van der Waals surface area contributed by atoms with Crippen LogP contribution in [-0.4, -0.2) is 61.9 Å². The van der Waals surface area contributed by atoms with Gasteiger partial charge in [0.15, 0.2) is 17.8 Å². The number of carbonyl (C=O) groups is 1. The van der Waals surface area contributed by atoms with Gasteiger partial charge in [-0.1, -0.05) is 35.9 Å². The zero-order chi connectivity index (χ0) is 25.8. The van der Waals surface area contributed by atoms with Gasteiger partial charge in [0.05, 0.1) is 16.7 Å². The molecule has 1 N–H and O–H groups in total. The molecular weight excluding hydrogens is 494 g/mol. The van der Waals surface area contributed by atoms with Crippen molar-refractivity contribution in [1.82, 2.24) is 4.90 Å². The van der Waals surface area contributed by atoms with Gasteiger partial charge in [-0.25, -0.2) is 0 Å². The fourth-order valence-corrected chi connectivity index (χ4v) is 4.92. The molecule has 3 aromatic rings. The largest absolute Gasteiger partial charge is 0.491 e. The number of aliphatic hydroxyl groups is 1. The van der Waals surface area contributed by atoms with Crippen LogP contribution in [0.2, 0.25) is 5.02 Å². The molecule has 194 valence electrons. The van der Waals surface area contributed by atoms with Gasteiger partial charge in [0.2, 0.25) is 0 Å². The van der Waals surface area contributed by atoms with Crippen LogP contribution in [0.1, 0.15) is 27.9 Å². The Labute approximate surface area is 221 Å². The summed E-state index contributed by atoms with van der Waals surface area (Å²) in [5, 5.41) is 10.0. The molecule has 1 unspecified atom stereocenters. The summed E-state index contributed by atoms with van der Waals surface area (Å²) in [7, 11) is 0. The van der Waals surface area contributed by atoms with E-state index in [9.17, 15) is 9.90 Å². The van der Waals surface area contributed by atoms with Crippen LogP contribution >= 0.6 is 11.6 Å². The Hall–Kier alpha value is -3.26. The predicted octanol–water partition coefficient (Wildman–Crippen LogP) is 4.92. The lowest BCUT2D eigenvalue weighted by Crippen LogP contribution is -2.27. The van der Waals surface area contributed by atoms with Gasteiger partial charge in [-0.15, -0.1) is 0 Å². The highest BCUT2D eigenvalue weighted by atomic mass is 35.5. The minimum atomic E-state index is -0.280. The number of halogens is 1. The number of hydrogen-bond acceptors (Lipinski definition) is 7. The fraction of sp³-hybridized carbons (Fsp3) is 0.345. The highest BCUT2D eigenvalue weighted by Crippen LogP contribution is 2.37. The van der Waals surface area contributed by atoms with Gasteiger partial charge in [-0.05, 0) is 53.8 Å². The van der Waals surface area contributed by atoms with Gasteiger partial charge < -0.3 is 24.1 Å². The molecule has 0 spiro atoms. The quantitative estimate of drug-likeness (QED) is 0.399. The third-order valence-corrected chi connectivity index (χ3v) is 7.08. The van der Waals surface area contributed by atoms with Gasteiger partial charge >= 0.3 is 0 Å². The first-order valence-corrected chi connectivity index (χ1v) is 12.8. The van der Waals surface area contributed by atoms with E-state index < -0.39 is 0 Å². The molecule has 1 saturated heterocycles. The van der Waals surface area contributed by atoms with E-state index >= 15 is 0 Å². The molecule has 0 radical (unpaired) electrons. The molecule has 37 heavy (non-hydrogen) atoms. The summed E-state index contributed by atoms with van der Waals surface area (Å²) in [5.74, 6) is 2.38. The molecular formula is C29H30ClNO6. The van der Waals surface area contributed by atoms with E-state index in [2.05, 4.69) is 17.9 Å². The highest BCUT2D eigenvalue weighted by Gasteiger charge is 2.20. The Morgan fingerprint density at radius 1 is 1.08 bits per heavy atom. The Morgan fingerprint density at radius 3 is 2.70 bits per heavy atom.